The molecule has 0 saturated heterocycles. The van der Waals surface area contributed by atoms with Crippen LogP contribution in [-0.2, 0) is 19.2 Å². The van der Waals surface area contributed by atoms with Crippen LogP contribution in [0.25, 0.3) is 0 Å². The molecule has 0 atom stereocenters. The lowest BCUT2D eigenvalue weighted by atomic mass is 9.77. The minimum absolute atomic E-state index is 0.000220. The van der Waals surface area contributed by atoms with Crippen LogP contribution in [0.5, 0.6) is 0 Å². The molecule has 1 aliphatic rings. The van der Waals surface area contributed by atoms with E-state index in [0.717, 1.165) is 12.2 Å². The topological polar surface area (TPSA) is 80.3 Å². The van der Waals surface area contributed by atoms with Crippen LogP contribution < -0.4 is 5.32 Å². The maximum Gasteiger partial charge on any atom is 0.224 e. The second kappa shape index (κ2) is 8.97. The molecule has 0 aromatic rings. The molecule has 1 saturated carbocycles. The Morgan fingerprint density at radius 3 is 2.38 bits per heavy atom. The molecule has 21 heavy (non-hydrogen) atoms. The third-order valence-corrected chi connectivity index (χ3v) is 4.25. The minimum atomic E-state index is -1.12. The molecule has 1 aliphatic carbocycles. The molecular formula is C15H23NO4S. The first-order valence-electron chi connectivity index (χ1n) is 7.36. The third kappa shape index (κ3) is 5.26. The summed E-state index contributed by atoms with van der Waals surface area (Å²) in [5.74, 6) is -2.11. The van der Waals surface area contributed by atoms with Crippen molar-refractivity contribution in [1.29, 1.82) is 0 Å². The van der Waals surface area contributed by atoms with Crippen molar-refractivity contribution < 1.29 is 19.2 Å². The number of hydrogen-bond acceptors (Lipinski definition) is 5. The van der Waals surface area contributed by atoms with Gasteiger partial charge in [-0.1, -0.05) is 6.92 Å². The zero-order valence-corrected chi connectivity index (χ0v) is 13.5. The number of carbonyl (C=O) groups is 4. The summed E-state index contributed by atoms with van der Waals surface area (Å²) in [7, 11) is 0. The van der Waals surface area contributed by atoms with Crippen molar-refractivity contribution >= 4 is 35.0 Å². The van der Waals surface area contributed by atoms with Crippen LogP contribution in [-0.4, -0.2) is 41.8 Å². The van der Waals surface area contributed by atoms with Crippen molar-refractivity contribution in [1.82, 2.24) is 5.32 Å². The van der Waals surface area contributed by atoms with Gasteiger partial charge in [0.05, 0.1) is 5.92 Å². The van der Waals surface area contributed by atoms with E-state index in [-0.39, 0.29) is 31.0 Å². The van der Waals surface area contributed by atoms with Crippen molar-refractivity contribution in [3.63, 3.8) is 0 Å². The van der Waals surface area contributed by atoms with Crippen LogP contribution in [0.15, 0.2) is 0 Å². The monoisotopic (exact) mass is 313 g/mol. The van der Waals surface area contributed by atoms with Crippen LogP contribution in [0.1, 0.15) is 39.0 Å². The first-order valence-corrected chi connectivity index (χ1v) is 8.75. The molecule has 0 aliphatic heterocycles. The van der Waals surface area contributed by atoms with Crippen molar-refractivity contribution in [3.8, 4) is 0 Å². The predicted octanol–water partition coefficient (Wildman–Crippen LogP) is 1.39. The lowest BCUT2D eigenvalue weighted by molar-refractivity contribution is -0.146. The average molecular weight is 313 g/mol. The third-order valence-electron chi connectivity index (χ3n) is 3.55. The first kappa shape index (κ1) is 17.9. The van der Waals surface area contributed by atoms with Gasteiger partial charge in [0.25, 0.3) is 0 Å². The summed E-state index contributed by atoms with van der Waals surface area (Å²) in [4.78, 5) is 47.7. The Hall–Kier alpha value is -1.17. The summed E-state index contributed by atoms with van der Waals surface area (Å²) >= 11 is 1.70. The van der Waals surface area contributed by atoms with Crippen molar-refractivity contribution in [2.24, 2.45) is 11.8 Å². The van der Waals surface area contributed by atoms with E-state index in [9.17, 15) is 19.2 Å². The lowest BCUT2D eigenvalue weighted by Gasteiger charge is -2.24. The van der Waals surface area contributed by atoms with E-state index in [2.05, 4.69) is 5.32 Å². The zero-order chi connectivity index (χ0) is 15.8. The summed E-state index contributed by atoms with van der Waals surface area (Å²) in [5, 5.41) is 2.76. The van der Waals surface area contributed by atoms with Gasteiger partial charge < -0.3 is 5.32 Å². The van der Waals surface area contributed by atoms with E-state index in [4.69, 9.17) is 0 Å². The summed E-state index contributed by atoms with van der Waals surface area (Å²) < 4.78 is 0. The predicted molar refractivity (Wildman–Crippen MR) is 82.2 cm³/mol. The number of nitrogens with one attached hydrogen (secondary N) is 1. The lowest BCUT2D eigenvalue weighted by Crippen LogP contribution is -2.44. The maximum atomic E-state index is 12.0. The highest BCUT2D eigenvalue weighted by Gasteiger charge is 2.41. The molecule has 0 unspecified atom stereocenters. The molecule has 6 heteroatoms. The number of carbonyl (C=O) groups excluding carboxylic acids is 4. The molecule has 5 nitrogen and oxygen atoms in total. The fraction of sp³-hybridized carbons (Fsp3) is 0.733. The highest BCUT2D eigenvalue weighted by molar-refractivity contribution is 7.98. The van der Waals surface area contributed by atoms with E-state index >= 15 is 0 Å². The molecule has 0 bridgehead atoms. The molecule has 0 heterocycles. The van der Waals surface area contributed by atoms with E-state index in [1.807, 2.05) is 13.2 Å². The molecule has 1 rings (SSSR count). The van der Waals surface area contributed by atoms with Crippen LogP contribution in [0, 0.1) is 11.8 Å². The van der Waals surface area contributed by atoms with Crippen molar-refractivity contribution in [3.05, 3.63) is 0 Å². The number of ketones is 3. The Labute approximate surface area is 129 Å². The first-order chi connectivity index (χ1) is 10.0. The highest BCUT2D eigenvalue weighted by atomic mass is 32.2. The van der Waals surface area contributed by atoms with E-state index in [1.165, 1.54) is 0 Å². The van der Waals surface area contributed by atoms with Crippen LogP contribution in [0.3, 0.4) is 0 Å². The van der Waals surface area contributed by atoms with Gasteiger partial charge in [0.2, 0.25) is 5.91 Å². The van der Waals surface area contributed by atoms with Gasteiger partial charge in [-0.3, -0.25) is 19.2 Å². The number of rotatable bonds is 8. The van der Waals surface area contributed by atoms with Gasteiger partial charge in [0.15, 0.2) is 17.3 Å². The Morgan fingerprint density at radius 1 is 1.24 bits per heavy atom. The zero-order valence-electron chi connectivity index (χ0n) is 12.6. The van der Waals surface area contributed by atoms with Crippen LogP contribution in [0.4, 0.5) is 0 Å². The average Bonchev–Trinajstić information content (AvgIpc) is 2.42. The van der Waals surface area contributed by atoms with Gasteiger partial charge in [0, 0.05) is 25.8 Å². The Morgan fingerprint density at radius 2 is 1.86 bits per heavy atom. The Bertz CT molecular complexity index is 404. The molecule has 1 amide bonds. The Balaban J connectivity index is 2.52. The smallest absolute Gasteiger partial charge is 0.224 e. The van der Waals surface area contributed by atoms with Gasteiger partial charge in [-0.05, 0) is 24.9 Å². The maximum absolute atomic E-state index is 12.0. The summed E-state index contributed by atoms with van der Waals surface area (Å²) in [6.45, 7) is 2.39. The van der Waals surface area contributed by atoms with Crippen molar-refractivity contribution in [2.45, 2.75) is 39.0 Å². The standard InChI is InChI=1S/C15H23NO4S/c1-3-5-11(17)14-12(18)8-10(9-13(14)19)15(20)16-6-4-7-21-2/h10,14H,3-9H2,1-2H3,(H,16,20). The largest absolute Gasteiger partial charge is 0.356 e. The van der Waals surface area contributed by atoms with Gasteiger partial charge in [-0.15, -0.1) is 0 Å². The second-order valence-electron chi connectivity index (χ2n) is 5.32. The van der Waals surface area contributed by atoms with Crippen molar-refractivity contribution in [2.75, 3.05) is 18.6 Å². The van der Waals surface area contributed by atoms with E-state index in [1.54, 1.807) is 11.8 Å². The molecule has 0 spiro atoms. The number of thioether (sulfide) groups is 1. The van der Waals surface area contributed by atoms with Gasteiger partial charge in [0.1, 0.15) is 5.92 Å². The second-order valence-corrected chi connectivity index (χ2v) is 6.31. The minimum Gasteiger partial charge on any atom is -0.356 e. The number of amides is 1. The molecule has 0 aromatic carbocycles. The number of hydrogen-bond donors (Lipinski definition) is 1. The molecular weight excluding hydrogens is 290 g/mol. The van der Waals surface area contributed by atoms with Gasteiger partial charge in [-0.2, -0.15) is 11.8 Å². The summed E-state index contributed by atoms with van der Waals surface area (Å²) in [6.07, 6.45) is 3.72. The van der Waals surface area contributed by atoms with E-state index < -0.39 is 23.4 Å². The van der Waals surface area contributed by atoms with Gasteiger partial charge >= 0.3 is 0 Å². The number of Topliss-reactive ketones (excluding diaryl/α,β-unsaturated/α-hetero) is 3. The SMILES string of the molecule is CCCC(=O)C1C(=O)CC(C(=O)NCCCSC)CC1=O. The fourth-order valence-corrected chi connectivity index (χ4v) is 2.91. The molecule has 1 N–H and O–H groups in total. The van der Waals surface area contributed by atoms with Crippen LogP contribution in [0.2, 0.25) is 0 Å². The molecule has 0 aromatic heterocycles. The summed E-state index contributed by atoms with van der Waals surface area (Å²) in [5.41, 5.74) is 0. The van der Waals surface area contributed by atoms with E-state index in [0.29, 0.717) is 13.0 Å². The highest BCUT2D eigenvalue weighted by Crippen LogP contribution is 2.25. The summed E-state index contributed by atoms with van der Waals surface area (Å²) in [6, 6.07) is 0. The fourth-order valence-electron chi connectivity index (χ4n) is 2.48. The normalized spacial score (nSPS) is 22.2. The molecule has 0 radical (unpaired) electrons. The molecule has 1 fully saturated rings. The Kier molecular flexibility index (Phi) is 7.64. The molecule has 118 valence electrons. The van der Waals surface area contributed by atoms with Crippen LogP contribution >= 0.6 is 11.8 Å². The quantitative estimate of drug-likeness (QED) is 0.541. The van der Waals surface area contributed by atoms with Gasteiger partial charge in [-0.25, -0.2) is 0 Å².